The van der Waals surface area contributed by atoms with E-state index in [1.165, 1.54) is 6.20 Å². The number of carbonyl (C=O) groups is 1. The number of terminal acetylenes is 1. The topological polar surface area (TPSA) is 87.0 Å². The van der Waals surface area contributed by atoms with Gasteiger partial charge in [0.1, 0.15) is 17.6 Å². The molecule has 1 fully saturated rings. The van der Waals surface area contributed by atoms with Crippen molar-refractivity contribution in [2.75, 3.05) is 11.9 Å². The summed E-state index contributed by atoms with van der Waals surface area (Å²) in [7, 11) is 0. The van der Waals surface area contributed by atoms with E-state index in [4.69, 9.17) is 16.4 Å². The molecule has 0 spiro atoms. The molecule has 2 aliphatic rings. The molecule has 1 unspecified atom stereocenters. The molecule has 1 aromatic carbocycles. The van der Waals surface area contributed by atoms with Crippen LogP contribution in [0, 0.1) is 29.6 Å². The minimum absolute atomic E-state index is 0.0244. The molecule has 1 saturated carbocycles. The number of ether oxygens (including phenoxy) is 1. The number of fused-ring (bicyclic) bond motifs is 3. The molecule has 3 atom stereocenters. The molecule has 2 heterocycles. The Morgan fingerprint density at radius 3 is 2.88 bits per heavy atom. The summed E-state index contributed by atoms with van der Waals surface area (Å²) in [4.78, 5) is 16.2. The molecule has 2 N–H and O–H groups in total. The van der Waals surface area contributed by atoms with Gasteiger partial charge in [-0.2, -0.15) is 5.26 Å². The molecule has 25 heavy (non-hydrogen) atoms. The average Bonchev–Trinajstić information content (AvgIpc) is 3.34. The van der Waals surface area contributed by atoms with Crippen molar-refractivity contribution >= 4 is 11.8 Å². The summed E-state index contributed by atoms with van der Waals surface area (Å²) in [6, 6.07) is 10.6. The fourth-order valence-corrected chi connectivity index (χ4v) is 3.25. The molecule has 4 rings (SSSR count). The zero-order chi connectivity index (χ0) is 17.4. The molecule has 2 aromatic rings. The molecule has 0 bridgehead atoms. The number of nitrogens with zero attached hydrogens (tertiary/aromatic N) is 2. The van der Waals surface area contributed by atoms with Crippen LogP contribution in [0.25, 0.3) is 0 Å². The van der Waals surface area contributed by atoms with Crippen LogP contribution in [0.15, 0.2) is 36.5 Å². The minimum atomic E-state index is -0.321. The van der Waals surface area contributed by atoms with Gasteiger partial charge in [-0.25, -0.2) is 9.78 Å². The van der Waals surface area contributed by atoms with Gasteiger partial charge in [-0.15, -0.1) is 6.42 Å². The Morgan fingerprint density at radius 1 is 1.32 bits per heavy atom. The highest BCUT2D eigenvalue weighted by atomic mass is 16.5. The predicted octanol–water partition coefficient (Wildman–Crippen LogP) is 2.23. The Bertz CT molecular complexity index is 924. The molecule has 6 heteroatoms. The molecular formula is C19H14N4O2. The van der Waals surface area contributed by atoms with Crippen LogP contribution in [0.4, 0.5) is 10.6 Å². The number of anilines is 1. The monoisotopic (exact) mass is 330 g/mol. The van der Waals surface area contributed by atoms with Gasteiger partial charge in [-0.3, -0.25) is 5.32 Å². The largest absolute Gasteiger partial charge is 0.493 e. The highest BCUT2D eigenvalue weighted by molar-refractivity contribution is 5.89. The highest BCUT2D eigenvalue weighted by Gasteiger charge is 2.55. The number of amides is 2. The maximum atomic E-state index is 12.2. The number of hydrogen-bond donors (Lipinski definition) is 2. The van der Waals surface area contributed by atoms with Gasteiger partial charge >= 0.3 is 6.03 Å². The van der Waals surface area contributed by atoms with Gasteiger partial charge in [0.2, 0.25) is 0 Å². The van der Waals surface area contributed by atoms with E-state index >= 15 is 0 Å². The molecule has 1 aliphatic carbocycles. The third-order valence-electron chi connectivity index (χ3n) is 4.57. The second kappa shape index (κ2) is 5.85. The van der Waals surface area contributed by atoms with Crippen molar-refractivity contribution in [1.29, 1.82) is 5.26 Å². The molecule has 1 aromatic heterocycles. The van der Waals surface area contributed by atoms with E-state index in [2.05, 4.69) is 21.5 Å². The van der Waals surface area contributed by atoms with Crippen molar-refractivity contribution in [3.05, 3.63) is 53.2 Å². The molecule has 0 radical (unpaired) electrons. The SMILES string of the molecule is C#Cc1ccc2c(c1)OC[C@@H]1C(NC(=O)Nc3ccc(C#N)cn3)[C@H]21. The maximum absolute atomic E-state index is 12.2. The highest BCUT2D eigenvalue weighted by Crippen LogP contribution is 2.54. The third-order valence-corrected chi connectivity index (χ3v) is 4.57. The van der Waals surface area contributed by atoms with E-state index in [-0.39, 0.29) is 23.9 Å². The number of rotatable bonds is 2. The lowest BCUT2D eigenvalue weighted by Gasteiger charge is -2.15. The maximum Gasteiger partial charge on any atom is 0.320 e. The fraction of sp³-hybridized carbons (Fsp3) is 0.211. The fourth-order valence-electron chi connectivity index (χ4n) is 3.25. The van der Waals surface area contributed by atoms with Crippen LogP contribution < -0.4 is 15.4 Å². The van der Waals surface area contributed by atoms with Crippen molar-refractivity contribution in [1.82, 2.24) is 10.3 Å². The van der Waals surface area contributed by atoms with Crippen LogP contribution in [0.3, 0.4) is 0 Å². The van der Waals surface area contributed by atoms with Crippen molar-refractivity contribution in [2.45, 2.75) is 12.0 Å². The van der Waals surface area contributed by atoms with Gasteiger partial charge in [0.05, 0.1) is 12.2 Å². The summed E-state index contributed by atoms with van der Waals surface area (Å²) in [6.07, 6.45) is 6.83. The van der Waals surface area contributed by atoms with E-state index in [0.29, 0.717) is 18.0 Å². The number of urea groups is 1. The van der Waals surface area contributed by atoms with Crippen molar-refractivity contribution in [2.24, 2.45) is 5.92 Å². The Kier molecular flexibility index (Phi) is 3.52. The second-order valence-electron chi connectivity index (χ2n) is 6.07. The summed E-state index contributed by atoms with van der Waals surface area (Å²) >= 11 is 0. The summed E-state index contributed by atoms with van der Waals surface area (Å²) in [6.45, 7) is 0.561. The molecule has 1 aliphatic heterocycles. The number of nitrogens with one attached hydrogen (secondary N) is 2. The van der Waals surface area contributed by atoms with Crippen molar-refractivity contribution in [3.8, 4) is 24.2 Å². The Hall–Kier alpha value is -3.51. The summed E-state index contributed by atoms with van der Waals surface area (Å²) in [5.74, 6) is 4.31. The minimum Gasteiger partial charge on any atom is -0.493 e. The first-order valence-electron chi connectivity index (χ1n) is 7.86. The third kappa shape index (κ3) is 2.75. The van der Waals surface area contributed by atoms with Crippen LogP contribution >= 0.6 is 0 Å². The van der Waals surface area contributed by atoms with Crippen LogP contribution in [-0.4, -0.2) is 23.7 Å². The first-order chi connectivity index (χ1) is 12.2. The molecule has 2 amide bonds. The lowest BCUT2D eigenvalue weighted by molar-refractivity contribution is 0.249. The van der Waals surface area contributed by atoms with E-state index in [1.54, 1.807) is 12.1 Å². The zero-order valence-corrected chi connectivity index (χ0v) is 13.2. The van der Waals surface area contributed by atoms with Crippen molar-refractivity contribution in [3.63, 3.8) is 0 Å². The number of pyridine rings is 1. The normalized spacial score (nSPS) is 22.2. The Balaban J connectivity index is 1.41. The first-order valence-corrected chi connectivity index (χ1v) is 7.86. The summed E-state index contributed by atoms with van der Waals surface area (Å²) < 4.78 is 5.77. The quantitative estimate of drug-likeness (QED) is 0.827. The lowest BCUT2D eigenvalue weighted by atomic mass is 10.0. The summed E-state index contributed by atoms with van der Waals surface area (Å²) in [5.41, 5.74) is 2.31. The van der Waals surface area contributed by atoms with Gasteiger partial charge < -0.3 is 10.1 Å². The van der Waals surface area contributed by atoms with Crippen LogP contribution in [0.5, 0.6) is 5.75 Å². The number of hydrogen-bond acceptors (Lipinski definition) is 4. The second-order valence-corrected chi connectivity index (χ2v) is 6.07. The van der Waals surface area contributed by atoms with Crippen LogP contribution in [-0.2, 0) is 0 Å². The molecule has 6 nitrogen and oxygen atoms in total. The Morgan fingerprint density at radius 2 is 2.16 bits per heavy atom. The number of carbonyl (C=O) groups excluding carboxylic acids is 1. The van der Waals surface area contributed by atoms with E-state index in [0.717, 1.165) is 16.9 Å². The van der Waals surface area contributed by atoms with Gasteiger partial charge in [-0.05, 0) is 29.8 Å². The lowest BCUT2D eigenvalue weighted by Crippen LogP contribution is -2.32. The number of nitriles is 1. The number of aromatic nitrogens is 1. The summed E-state index contributed by atoms with van der Waals surface area (Å²) in [5, 5.41) is 14.4. The van der Waals surface area contributed by atoms with E-state index in [1.807, 2.05) is 24.3 Å². The molecule has 122 valence electrons. The predicted molar refractivity (Wildman–Crippen MR) is 91.0 cm³/mol. The van der Waals surface area contributed by atoms with Gasteiger partial charge in [0.15, 0.2) is 0 Å². The Labute approximate surface area is 144 Å². The smallest absolute Gasteiger partial charge is 0.320 e. The zero-order valence-electron chi connectivity index (χ0n) is 13.2. The molecule has 0 saturated heterocycles. The van der Waals surface area contributed by atoms with Gasteiger partial charge in [-0.1, -0.05) is 12.0 Å². The van der Waals surface area contributed by atoms with Gasteiger partial charge in [0.25, 0.3) is 0 Å². The standard InChI is InChI=1S/C19H14N4O2/c1-2-11-3-5-13-15(7-11)25-10-14-17(13)18(14)23-19(24)22-16-6-4-12(8-20)9-21-16/h1,3-7,9,14,17-18H,10H2,(H2,21,22,23,24)/t14-,17+,18?/m0/s1. The van der Waals surface area contributed by atoms with E-state index < -0.39 is 0 Å². The number of benzene rings is 1. The van der Waals surface area contributed by atoms with Crippen LogP contribution in [0.1, 0.15) is 22.6 Å². The van der Waals surface area contributed by atoms with Crippen molar-refractivity contribution < 1.29 is 9.53 Å². The van der Waals surface area contributed by atoms with Gasteiger partial charge in [0, 0.05) is 29.6 Å². The first kappa shape index (κ1) is 15.0. The van der Waals surface area contributed by atoms with E-state index in [9.17, 15) is 4.79 Å². The molecular weight excluding hydrogens is 316 g/mol. The average molecular weight is 330 g/mol. The van der Waals surface area contributed by atoms with Crippen LogP contribution in [0.2, 0.25) is 0 Å².